The van der Waals surface area contributed by atoms with Crippen molar-refractivity contribution in [3.05, 3.63) is 23.0 Å². The summed E-state index contributed by atoms with van der Waals surface area (Å²) in [6.07, 6.45) is 11.6. The lowest BCUT2D eigenvalue weighted by atomic mass is 9.98. The first-order chi connectivity index (χ1) is 12.8. The third-order valence-corrected chi connectivity index (χ3v) is 5.98. The van der Waals surface area contributed by atoms with Crippen molar-refractivity contribution < 1.29 is 9.53 Å². The molecule has 0 bridgehead atoms. The summed E-state index contributed by atoms with van der Waals surface area (Å²) in [6, 6.07) is 0. The number of carbonyl (C=O) groups is 1. The summed E-state index contributed by atoms with van der Waals surface area (Å²) in [5.41, 5.74) is 1.43. The Hall–Kier alpha value is -1.80. The number of carbonyl (C=O) groups excluding carboxylic acids is 1. The lowest BCUT2D eigenvalue weighted by Gasteiger charge is -2.10. The number of ether oxygens (including phenoxy) is 1. The van der Waals surface area contributed by atoms with Crippen molar-refractivity contribution in [1.82, 2.24) is 20.0 Å². The minimum Gasteiger partial charge on any atom is -0.376 e. The van der Waals surface area contributed by atoms with Gasteiger partial charge in [0.25, 0.3) is 5.91 Å². The van der Waals surface area contributed by atoms with E-state index >= 15 is 0 Å². The Kier molecular flexibility index (Phi) is 5.59. The largest absolute Gasteiger partial charge is 0.376 e. The van der Waals surface area contributed by atoms with Gasteiger partial charge in [0.15, 0.2) is 10.8 Å². The Morgan fingerprint density at radius 3 is 2.85 bits per heavy atom. The zero-order chi connectivity index (χ0) is 17.8. The molecular formula is C18H25N5O2S. The minimum atomic E-state index is -0.259. The highest BCUT2D eigenvalue weighted by Crippen LogP contribution is 2.33. The molecule has 0 radical (unpaired) electrons. The van der Waals surface area contributed by atoms with Crippen LogP contribution in [0.4, 0.5) is 5.13 Å². The number of aromatic nitrogens is 4. The minimum absolute atomic E-state index is 0.175. The molecule has 2 aromatic rings. The number of nitrogens with zero attached hydrogens (tertiary/aromatic N) is 4. The summed E-state index contributed by atoms with van der Waals surface area (Å²) in [4.78, 5) is 17.1. The first-order valence-corrected chi connectivity index (χ1v) is 10.4. The van der Waals surface area contributed by atoms with Gasteiger partial charge in [-0.15, -0.1) is 16.4 Å². The summed E-state index contributed by atoms with van der Waals surface area (Å²) in [7, 11) is 0. The maximum Gasteiger partial charge on any atom is 0.279 e. The molecule has 1 aliphatic carbocycles. The van der Waals surface area contributed by atoms with E-state index in [0.717, 1.165) is 25.1 Å². The van der Waals surface area contributed by atoms with Gasteiger partial charge in [0.2, 0.25) is 0 Å². The maximum atomic E-state index is 12.4. The average Bonchev–Trinajstić information content (AvgIpc) is 3.36. The normalized spacial score (nSPS) is 21.6. The maximum absolute atomic E-state index is 12.4. The molecule has 2 aromatic heterocycles. The molecule has 0 aromatic carbocycles. The topological polar surface area (TPSA) is 81.9 Å². The van der Waals surface area contributed by atoms with E-state index in [1.807, 2.05) is 0 Å². The number of thiazole rings is 1. The number of anilines is 1. The van der Waals surface area contributed by atoms with E-state index in [1.54, 1.807) is 10.9 Å². The van der Waals surface area contributed by atoms with Crippen molar-refractivity contribution in [3.8, 4) is 0 Å². The standard InChI is InChI=1S/C18H25N5O2S/c24-17(15-11-23(22-21-15)10-14-8-5-9-25-14)20-18-19-16(12-26-18)13-6-3-1-2-4-7-13/h11-14H,1-10H2,(H,19,20,24). The van der Waals surface area contributed by atoms with Gasteiger partial charge >= 0.3 is 0 Å². The molecule has 7 nitrogen and oxygen atoms in total. The van der Waals surface area contributed by atoms with Crippen molar-refractivity contribution in [2.45, 2.75) is 69.9 Å². The van der Waals surface area contributed by atoms with Gasteiger partial charge in [0, 0.05) is 17.9 Å². The third kappa shape index (κ3) is 4.29. The van der Waals surface area contributed by atoms with Gasteiger partial charge in [-0.25, -0.2) is 9.67 Å². The molecule has 26 heavy (non-hydrogen) atoms. The molecule has 2 aliphatic rings. The number of rotatable bonds is 5. The molecule has 1 unspecified atom stereocenters. The van der Waals surface area contributed by atoms with Crippen molar-refractivity contribution >= 4 is 22.4 Å². The lowest BCUT2D eigenvalue weighted by molar-refractivity contribution is 0.0934. The van der Waals surface area contributed by atoms with Gasteiger partial charge in [-0.2, -0.15) is 0 Å². The Labute approximate surface area is 157 Å². The van der Waals surface area contributed by atoms with Crippen molar-refractivity contribution in [3.63, 3.8) is 0 Å². The van der Waals surface area contributed by atoms with Crippen LogP contribution in [0.3, 0.4) is 0 Å². The van der Waals surface area contributed by atoms with E-state index in [2.05, 4.69) is 26.0 Å². The summed E-state index contributed by atoms with van der Waals surface area (Å²) in [5.74, 6) is 0.275. The van der Waals surface area contributed by atoms with Gasteiger partial charge < -0.3 is 4.74 Å². The van der Waals surface area contributed by atoms with Crippen LogP contribution in [-0.2, 0) is 11.3 Å². The monoisotopic (exact) mass is 375 g/mol. The summed E-state index contributed by atoms with van der Waals surface area (Å²) >= 11 is 1.49. The molecule has 1 N–H and O–H groups in total. The van der Waals surface area contributed by atoms with Crippen LogP contribution in [0.15, 0.2) is 11.6 Å². The molecule has 8 heteroatoms. The molecule has 140 valence electrons. The second-order valence-electron chi connectivity index (χ2n) is 7.18. The van der Waals surface area contributed by atoms with Crippen LogP contribution in [0.2, 0.25) is 0 Å². The summed E-state index contributed by atoms with van der Waals surface area (Å²) < 4.78 is 7.28. The fourth-order valence-electron chi connectivity index (χ4n) is 3.76. The van der Waals surface area contributed by atoms with E-state index in [0.29, 0.717) is 23.3 Å². The second-order valence-corrected chi connectivity index (χ2v) is 8.04. The average molecular weight is 375 g/mol. The number of hydrogen-bond acceptors (Lipinski definition) is 6. The molecule has 2 fully saturated rings. The summed E-state index contributed by atoms with van der Waals surface area (Å²) in [5, 5.41) is 13.6. The first kappa shape index (κ1) is 17.6. The van der Waals surface area contributed by atoms with E-state index in [9.17, 15) is 4.79 Å². The zero-order valence-corrected chi connectivity index (χ0v) is 15.7. The molecule has 1 saturated heterocycles. The van der Waals surface area contributed by atoms with Gasteiger partial charge in [0.1, 0.15) is 0 Å². The molecule has 4 rings (SSSR count). The number of amides is 1. The molecule has 3 heterocycles. The highest BCUT2D eigenvalue weighted by molar-refractivity contribution is 7.14. The quantitative estimate of drug-likeness (QED) is 0.808. The van der Waals surface area contributed by atoms with Crippen molar-refractivity contribution in [2.75, 3.05) is 11.9 Å². The van der Waals surface area contributed by atoms with Gasteiger partial charge in [-0.05, 0) is 25.7 Å². The molecule has 1 atom stereocenters. The Morgan fingerprint density at radius 1 is 1.23 bits per heavy atom. The Balaban J connectivity index is 1.35. The van der Waals surface area contributed by atoms with Crippen LogP contribution in [-0.4, -0.2) is 38.6 Å². The fraction of sp³-hybridized carbons (Fsp3) is 0.667. The Morgan fingerprint density at radius 2 is 2.08 bits per heavy atom. The van der Waals surface area contributed by atoms with Gasteiger partial charge in [0.05, 0.1) is 24.5 Å². The van der Waals surface area contributed by atoms with E-state index in [-0.39, 0.29) is 12.0 Å². The predicted octanol–water partition coefficient (Wildman–Crippen LogP) is 3.60. The number of hydrogen-bond donors (Lipinski definition) is 1. The first-order valence-electron chi connectivity index (χ1n) is 9.56. The van der Waals surface area contributed by atoms with Gasteiger partial charge in [-0.3, -0.25) is 10.1 Å². The van der Waals surface area contributed by atoms with Crippen molar-refractivity contribution in [2.24, 2.45) is 0 Å². The summed E-state index contributed by atoms with van der Waals surface area (Å²) in [6.45, 7) is 1.45. The van der Waals surface area contributed by atoms with Gasteiger partial charge in [-0.1, -0.05) is 30.9 Å². The second kappa shape index (κ2) is 8.26. The molecular weight excluding hydrogens is 350 g/mol. The van der Waals surface area contributed by atoms with Crippen LogP contribution in [0.1, 0.15) is 73.5 Å². The highest BCUT2D eigenvalue weighted by Gasteiger charge is 2.20. The third-order valence-electron chi connectivity index (χ3n) is 5.20. The molecule has 1 saturated carbocycles. The lowest BCUT2D eigenvalue weighted by Crippen LogP contribution is -2.15. The van der Waals surface area contributed by atoms with E-state index in [4.69, 9.17) is 4.74 Å². The van der Waals surface area contributed by atoms with E-state index < -0.39 is 0 Å². The van der Waals surface area contributed by atoms with Crippen LogP contribution < -0.4 is 5.32 Å². The van der Waals surface area contributed by atoms with Crippen LogP contribution in [0.25, 0.3) is 0 Å². The van der Waals surface area contributed by atoms with E-state index in [1.165, 1.54) is 49.9 Å². The molecule has 1 amide bonds. The van der Waals surface area contributed by atoms with Crippen molar-refractivity contribution in [1.29, 1.82) is 0 Å². The molecule has 0 spiro atoms. The fourth-order valence-corrected chi connectivity index (χ4v) is 4.54. The Bertz CT molecular complexity index is 730. The predicted molar refractivity (Wildman–Crippen MR) is 99.5 cm³/mol. The molecule has 1 aliphatic heterocycles. The SMILES string of the molecule is O=C(Nc1nc(C2CCCCCC2)cs1)c1cn(CC2CCCO2)nn1. The highest BCUT2D eigenvalue weighted by atomic mass is 32.1. The van der Waals surface area contributed by atoms with Crippen LogP contribution >= 0.6 is 11.3 Å². The number of nitrogens with one attached hydrogen (secondary N) is 1. The van der Waals surface area contributed by atoms with Crippen LogP contribution in [0.5, 0.6) is 0 Å². The smallest absolute Gasteiger partial charge is 0.279 e. The van der Waals surface area contributed by atoms with Crippen LogP contribution in [0, 0.1) is 0 Å². The zero-order valence-electron chi connectivity index (χ0n) is 14.9.